The minimum atomic E-state index is 0.0693. The molecule has 4 heteroatoms. The molecule has 2 rings (SSSR count). The van der Waals surface area contributed by atoms with Crippen LogP contribution in [0.25, 0.3) is 0 Å². The lowest BCUT2D eigenvalue weighted by molar-refractivity contribution is 0.0573. The summed E-state index contributed by atoms with van der Waals surface area (Å²) in [4.78, 5) is 5.37. The molecule has 0 aromatic heterocycles. The van der Waals surface area contributed by atoms with Gasteiger partial charge in [0, 0.05) is 25.0 Å². The van der Waals surface area contributed by atoms with Crippen LogP contribution in [0.2, 0.25) is 0 Å². The zero-order valence-electron chi connectivity index (χ0n) is 8.82. The van der Waals surface area contributed by atoms with E-state index in [-0.39, 0.29) is 6.10 Å². The van der Waals surface area contributed by atoms with Gasteiger partial charge in [0.2, 0.25) is 0 Å². The van der Waals surface area contributed by atoms with Crippen LogP contribution in [-0.2, 0) is 4.84 Å². The van der Waals surface area contributed by atoms with E-state index in [1.165, 1.54) is 5.57 Å². The van der Waals surface area contributed by atoms with E-state index in [0.717, 1.165) is 0 Å². The number of nitrogens with zero attached hydrogens (tertiary/aromatic N) is 1. The molecule has 2 aliphatic rings. The van der Waals surface area contributed by atoms with E-state index in [1.807, 2.05) is 18.5 Å². The van der Waals surface area contributed by atoms with E-state index >= 15 is 0 Å². The van der Waals surface area contributed by atoms with E-state index in [9.17, 15) is 0 Å². The van der Waals surface area contributed by atoms with Crippen molar-refractivity contribution in [2.24, 2.45) is 5.92 Å². The van der Waals surface area contributed by atoms with Gasteiger partial charge >= 0.3 is 0 Å². The van der Waals surface area contributed by atoms with Gasteiger partial charge in [0.25, 0.3) is 0 Å². The van der Waals surface area contributed by atoms with Gasteiger partial charge in [0.15, 0.2) is 0 Å². The van der Waals surface area contributed by atoms with E-state index in [1.54, 1.807) is 0 Å². The first-order valence-corrected chi connectivity index (χ1v) is 4.97. The highest BCUT2D eigenvalue weighted by molar-refractivity contribution is 5.25. The molecule has 78 valence electrons. The Morgan fingerprint density at radius 3 is 2.86 bits per heavy atom. The molecule has 0 amide bonds. The summed E-state index contributed by atoms with van der Waals surface area (Å²) in [6.07, 6.45) is 5.97. The quantitative estimate of drug-likeness (QED) is 0.682. The second-order valence-corrected chi connectivity index (χ2v) is 4.09. The summed E-state index contributed by atoms with van der Waals surface area (Å²) in [5.41, 5.74) is 7.24. The Kier molecular flexibility index (Phi) is 2.48. The molecular weight excluding hydrogens is 178 g/mol. The predicted molar refractivity (Wildman–Crippen MR) is 54.8 cm³/mol. The number of hydroxylamine groups is 1. The van der Waals surface area contributed by atoms with Crippen molar-refractivity contribution < 1.29 is 4.84 Å². The third-order valence-electron chi connectivity index (χ3n) is 2.69. The number of hydrogen-bond acceptors (Lipinski definition) is 4. The summed E-state index contributed by atoms with van der Waals surface area (Å²) < 4.78 is 0. The summed E-state index contributed by atoms with van der Waals surface area (Å²) in [5, 5.41) is 2.12. The van der Waals surface area contributed by atoms with Crippen LogP contribution in [0.1, 0.15) is 13.8 Å². The fourth-order valence-corrected chi connectivity index (χ4v) is 2.11. The highest BCUT2D eigenvalue weighted by Crippen LogP contribution is 2.26. The minimum Gasteiger partial charge on any atom is -0.326 e. The Morgan fingerprint density at radius 2 is 2.29 bits per heavy atom. The third-order valence-corrected chi connectivity index (χ3v) is 2.69. The normalized spacial score (nSPS) is 31.9. The maximum absolute atomic E-state index is 5.37. The molecule has 0 saturated heterocycles. The van der Waals surface area contributed by atoms with Crippen LogP contribution in [-0.4, -0.2) is 24.2 Å². The monoisotopic (exact) mass is 195 g/mol. The summed E-state index contributed by atoms with van der Waals surface area (Å²) in [7, 11) is 2.06. The molecule has 2 N–H and O–H groups in total. The standard InChI is InChI=1S/C10H17N3O/c1-7(2)10-8(6-11-13(10)3)9-4-5-12-14-9/h4-7,9-12H,1-3H3. The van der Waals surface area contributed by atoms with Crippen molar-refractivity contribution in [3.05, 3.63) is 24.0 Å². The molecule has 2 unspecified atom stereocenters. The van der Waals surface area contributed by atoms with Gasteiger partial charge in [-0.05, 0) is 12.0 Å². The van der Waals surface area contributed by atoms with Gasteiger partial charge in [0.1, 0.15) is 6.10 Å². The van der Waals surface area contributed by atoms with Crippen LogP contribution < -0.4 is 10.9 Å². The van der Waals surface area contributed by atoms with Gasteiger partial charge in [-0.15, -0.1) is 0 Å². The molecule has 0 aromatic carbocycles. The van der Waals surface area contributed by atoms with Gasteiger partial charge in [-0.2, -0.15) is 0 Å². The molecule has 0 aromatic rings. The second kappa shape index (κ2) is 3.63. The van der Waals surface area contributed by atoms with Gasteiger partial charge in [-0.3, -0.25) is 10.3 Å². The summed E-state index contributed by atoms with van der Waals surface area (Å²) in [6.45, 7) is 4.43. The van der Waals surface area contributed by atoms with E-state index in [4.69, 9.17) is 4.84 Å². The number of rotatable bonds is 2. The maximum Gasteiger partial charge on any atom is 0.130 e. The Balaban J connectivity index is 2.13. The van der Waals surface area contributed by atoms with Crippen LogP contribution in [0.5, 0.6) is 0 Å². The maximum atomic E-state index is 5.37. The lowest BCUT2D eigenvalue weighted by Crippen LogP contribution is -2.40. The minimum absolute atomic E-state index is 0.0693. The average molecular weight is 195 g/mol. The van der Waals surface area contributed by atoms with Crippen LogP contribution in [0, 0.1) is 5.92 Å². The molecule has 2 heterocycles. The molecule has 2 atom stereocenters. The zero-order chi connectivity index (χ0) is 10.1. The van der Waals surface area contributed by atoms with Gasteiger partial charge in [-0.1, -0.05) is 13.8 Å². The summed E-state index contributed by atoms with van der Waals surface area (Å²) in [6, 6.07) is 0.407. The average Bonchev–Trinajstić information content (AvgIpc) is 2.70. The topological polar surface area (TPSA) is 36.5 Å². The van der Waals surface area contributed by atoms with Gasteiger partial charge in [0.05, 0.1) is 6.04 Å². The fraction of sp³-hybridized carbons (Fsp3) is 0.600. The number of likely N-dealkylation sites (N-methyl/N-ethyl adjacent to an activating group) is 1. The van der Waals surface area contributed by atoms with E-state index < -0.39 is 0 Å². The SMILES string of the molecule is CC(C)C1C(C2C=CNO2)=CNN1C. The highest BCUT2D eigenvalue weighted by atomic mass is 16.7. The number of hydrogen-bond donors (Lipinski definition) is 2. The third kappa shape index (κ3) is 1.51. The van der Waals surface area contributed by atoms with Gasteiger partial charge in [-0.25, -0.2) is 5.01 Å². The molecule has 2 aliphatic heterocycles. The first-order chi connectivity index (χ1) is 6.70. The van der Waals surface area contributed by atoms with Crippen molar-refractivity contribution in [3.63, 3.8) is 0 Å². The second-order valence-electron chi connectivity index (χ2n) is 4.09. The van der Waals surface area contributed by atoms with Crippen LogP contribution >= 0.6 is 0 Å². The molecular formula is C10H17N3O. The van der Waals surface area contributed by atoms with Crippen LogP contribution in [0.15, 0.2) is 24.0 Å². The Morgan fingerprint density at radius 1 is 1.50 bits per heavy atom. The smallest absolute Gasteiger partial charge is 0.130 e. The molecule has 14 heavy (non-hydrogen) atoms. The largest absolute Gasteiger partial charge is 0.326 e. The van der Waals surface area contributed by atoms with Crippen molar-refractivity contribution in [3.8, 4) is 0 Å². The molecule has 0 fully saturated rings. The number of nitrogens with one attached hydrogen (secondary N) is 2. The zero-order valence-corrected chi connectivity index (χ0v) is 8.82. The molecule has 0 bridgehead atoms. The van der Waals surface area contributed by atoms with Crippen molar-refractivity contribution in [1.29, 1.82) is 0 Å². The predicted octanol–water partition coefficient (Wildman–Crippen LogP) is 0.762. The van der Waals surface area contributed by atoms with Crippen LogP contribution in [0.3, 0.4) is 0 Å². The Labute approximate surface area is 84.5 Å². The Bertz CT molecular complexity index is 273. The molecule has 0 radical (unpaired) electrons. The van der Waals surface area contributed by atoms with Crippen molar-refractivity contribution in [1.82, 2.24) is 15.9 Å². The van der Waals surface area contributed by atoms with Crippen molar-refractivity contribution >= 4 is 0 Å². The first-order valence-electron chi connectivity index (χ1n) is 4.97. The summed E-state index contributed by atoms with van der Waals surface area (Å²) >= 11 is 0. The van der Waals surface area contributed by atoms with Crippen molar-refractivity contribution in [2.75, 3.05) is 7.05 Å². The number of hydrazine groups is 1. The molecule has 0 saturated carbocycles. The Hall–Kier alpha value is -1.00. The molecule has 0 aliphatic carbocycles. The van der Waals surface area contributed by atoms with Gasteiger partial charge < -0.3 is 5.43 Å². The highest BCUT2D eigenvalue weighted by Gasteiger charge is 2.33. The van der Waals surface area contributed by atoms with Crippen molar-refractivity contribution in [2.45, 2.75) is 26.0 Å². The molecule has 0 spiro atoms. The lowest BCUT2D eigenvalue weighted by atomic mass is 9.93. The molecule has 4 nitrogen and oxygen atoms in total. The van der Waals surface area contributed by atoms with Crippen LogP contribution in [0.4, 0.5) is 0 Å². The first kappa shape index (κ1) is 9.55. The lowest BCUT2D eigenvalue weighted by Gasteiger charge is -2.27. The van der Waals surface area contributed by atoms with E-state index in [0.29, 0.717) is 12.0 Å². The summed E-state index contributed by atoms with van der Waals surface area (Å²) in [5.74, 6) is 0.568. The fourth-order valence-electron chi connectivity index (χ4n) is 2.11. The van der Waals surface area contributed by atoms with E-state index in [2.05, 4.69) is 36.8 Å².